The van der Waals surface area contributed by atoms with E-state index in [1.54, 1.807) is 0 Å². The number of allylic oxidation sites excluding steroid dienone is 12. The van der Waals surface area contributed by atoms with Gasteiger partial charge in [0, 0.05) is 19.3 Å². The fraction of sp³-hybridized carbons (Fsp3) is 0.797. The van der Waals surface area contributed by atoms with Crippen LogP contribution in [0.3, 0.4) is 0 Å². The Bertz CT molecular complexity index is 1470. The Hall–Kier alpha value is -3.15. The maximum absolute atomic E-state index is 13.0. The van der Waals surface area contributed by atoms with E-state index in [2.05, 4.69) is 93.7 Å². The number of unbranched alkanes of at least 4 members (excludes halogenated alkanes) is 41. The van der Waals surface area contributed by atoms with Gasteiger partial charge in [-0.2, -0.15) is 0 Å². The van der Waals surface area contributed by atoms with Crippen LogP contribution >= 0.6 is 0 Å². The van der Waals surface area contributed by atoms with Crippen molar-refractivity contribution in [2.45, 2.75) is 367 Å². The van der Waals surface area contributed by atoms with Crippen molar-refractivity contribution >= 4 is 17.9 Å². The van der Waals surface area contributed by atoms with Crippen LogP contribution in [-0.4, -0.2) is 37.2 Å². The highest BCUT2D eigenvalue weighted by Crippen LogP contribution is 2.17. The van der Waals surface area contributed by atoms with E-state index in [9.17, 15) is 14.4 Å². The zero-order valence-electron chi connectivity index (χ0n) is 53.3. The first kappa shape index (κ1) is 76.9. The molecule has 80 heavy (non-hydrogen) atoms. The van der Waals surface area contributed by atoms with Crippen LogP contribution in [0.2, 0.25) is 0 Å². The average Bonchev–Trinajstić information content (AvgIpc) is 3.46. The first-order chi connectivity index (χ1) is 39.5. The molecule has 0 aliphatic carbocycles. The van der Waals surface area contributed by atoms with Gasteiger partial charge < -0.3 is 14.2 Å². The highest BCUT2D eigenvalue weighted by molar-refractivity contribution is 5.71. The molecule has 0 spiro atoms. The maximum atomic E-state index is 13.0. The average molecular weight is 1120 g/mol. The van der Waals surface area contributed by atoms with E-state index in [1.165, 1.54) is 231 Å². The molecule has 0 saturated heterocycles. The molecule has 0 amide bonds. The van der Waals surface area contributed by atoms with Crippen LogP contribution in [0.4, 0.5) is 0 Å². The Kier molecular flexibility index (Phi) is 65.7. The van der Waals surface area contributed by atoms with Crippen LogP contribution in [0.5, 0.6) is 0 Å². The second-order valence-electron chi connectivity index (χ2n) is 23.4. The topological polar surface area (TPSA) is 78.9 Å². The van der Waals surface area contributed by atoms with Crippen molar-refractivity contribution in [3.63, 3.8) is 0 Å². The lowest BCUT2D eigenvalue weighted by Crippen LogP contribution is -2.30. The first-order valence-corrected chi connectivity index (χ1v) is 34.9. The molecule has 6 nitrogen and oxygen atoms in total. The number of hydrogen-bond acceptors (Lipinski definition) is 6. The third-order valence-corrected chi connectivity index (χ3v) is 15.4. The van der Waals surface area contributed by atoms with E-state index in [1.807, 2.05) is 0 Å². The van der Waals surface area contributed by atoms with Gasteiger partial charge in [-0.1, -0.05) is 306 Å². The summed E-state index contributed by atoms with van der Waals surface area (Å²) in [4.78, 5) is 38.4. The Morgan fingerprint density at radius 3 is 0.775 bits per heavy atom. The van der Waals surface area contributed by atoms with Gasteiger partial charge in [-0.25, -0.2) is 0 Å². The van der Waals surface area contributed by atoms with Gasteiger partial charge in [0.2, 0.25) is 0 Å². The van der Waals surface area contributed by atoms with Crippen LogP contribution in [0, 0.1) is 0 Å². The van der Waals surface area contributed by atoms with Gasteiger partial charge in [0.1, 0.15) is 13.2 Å². The van der Waals surface area contributed by atoms with Crippen molar-refractivity contribution in [2.75, 3.05) is 13.2 Å². The summed E-state index contributed by atoms with van der Waals surface area (Å²) in [7, 11) is 0. The molecule has 0 heterocycles. The molecule has 0 aliphatic heterocycles. The third-order valence-electron chi connectivity index (χ3n) is 15.4. The summed E-state index contributed by atoms with van der Waals surface area (Å²) in [6, 6.07) is 0. The lowest BCUT2D eigenvalue weighted by molar-refractivity contribution is -0.167. The van der Waals surface area contributed by atoms with Gasteiger partial charge in [-0.15, -0.1) is 0 Å². The molecule has 0 fully saturated rings. The van der Waals surface area contributed by atoms with E-state index >= 15 is 0 Å². The van der Waals surface area contributed by atoms with E-state index in [0.717, 1.165) is 89.9 Å². The number of rotatable bonds is 64. The van der Waals surface area contributed by atoms with E-state index in [4.69, 9.17) is 14.2 Å². The summed E-state index contributed by atoms with van der Waals surface area (Å²) >= 11 is 0. The van der Waals surface area contributed by atoms with Crippen LogP contribution < -0.4 is 0 Å². The summed E-state index contributed by atoms with van der Waals surface area (Å²) in [5.41, 5.74) is 0. The minimum absolute atomic E-state index is 0.0765. The Balaban J connectivity index is 4.29. The molecule has 0 N–H and O–H groups in total. The van der Waals surface area contributed by atoms with Gasteiger partial charge in [0.05, 0.1) is 0 Å². The summed E-state index contributed by atoms with van der Waals surface area (Å²) in [6.45, 7) is 6.56. The monoisotopic (exact) mass is 1120 g/mol. The van der Waals surface area contributed by atoms with Gasteiger partial charge in [0.15, 0.2) is 6.10 Å². The van der Waals surface area contributed by atoms with E-state index in [-0.39, 0.29) is 31.1 Å². The Morgan fingerprint density at radius 1 is 0.263 bits per heavy atom. The second-order valence-corrected chi connectivity index (χ2v) is 23.4. The summed E-state index contributed by atoms with van der Waals surface area (Å²) in [5.74, 6) is -0.868. The fourth-order valence-electron chi connectivity index (χ4n) is 10.2. The molecule has 1 atom stereocenters. The molecule has 0 aromatic rings. The minimum atomic E-state index is -0.781. The Morgan fingerprint density at radius 2 is 0.487 bits per heavy atom. The zero-order valence-corrected chi connectivity index (χ0v) is 53.3. The Labute approximate surface area is 497 Å². The van der Waals surface area contributed by atoms with Crippen molar-refractivity contribution in [3.05, 3.63) is 72.9 Å². The van der Waals surface area contributed by atoms with Gasteiger partial charge in [0.25, 0.3) is 0 Å². The van der Waals surface area contributed by atoms with Crippen LogP contribution in [0.15, 0.2) is 72.9 Å². The first-order valence-electron chi connectivity index (χ1n) is 34.9. The number of ether oxygens (including phenoxy) is 3. The summed E-state index contributed by atoms with van der Waals surface area (Å²) in [6.07, 6.45) is 89.2. The van der Waals surface area contributed by atoms with Crippen LogP contribution in [-0.2, 0) is 28.6 Å². The minimum Gasteiger partial charge on any atom is -0.462 e. The molecule has 0 radical (unpaired) electrons. The van der Waals surface area contributed by atoms with Crippen molar-refractivity contribution in [3.8, 4) is 0 Å². The van der Waals surface area contributed by atoms with Crippen LogP contribution in [0.1, 0.15) is 361 Å². The largest absolute Gasteiger partial charge is 0.462 e. The standard InChI is InChI=1S/C74H132O6/c1-4-7-10-13-16-19-22-25-28-30-32-34-36-37-39-40-42-44-46-49-52-55-58-61-64-67-73(76)79-70-71(69-78-72(75)66-63-60-57-54-51-48-27-24-21-18-15-12-9-6-3)80-74(77)68-65-62-59-56-53-50-47-45-43-41-38-35-33-31-29-26-23-20-17-14-11-8-5-2/h7,10,16,19,24-25,27-28,31-34,71H,4-6,8-9,11-15,17-18,20-23,26,29-30,35-70H2,1-3H3/b10-7-,19-16-,27-24-,28-25-,33-31-,34-32-. The third kappa shape index (κ3) is 65.7. The van der Waals surface area contributed by atoms with Crippen molar-refractivity contribution in [1.82, 2.24) is 0 Å². The zero-order chi connectivity index (χ0) is 57.8. The van der Waals surface area contributed by atoms with Gasteiger partial charge in [-0.05, 0) is 109 Å². The summed E-state index contributed by atoms with van der Waals surface area (Å²) < 4.78 is 17.0. The number of hydrogen-bond donors (Lipinski definition) is 0. The molecular formula is C74H132O6. The van der Waals surface area contributed by atoms with Crippen molar-refractivity contribution < 1.29 is 28.6 Å². The molecule has 1 unspecified atom stereocenters. The van der Waals surface area contributed by atoms with Crippen LogP contribution in [0.25, 0.3) is 0 Å². The molecule has 464 valence electrons. The molecule has 0 aromatic heterocycles. The molecule has 0 aromatic carbocycles. The number of carbonyl (C=O) groups excluding carboxylic acids is 3. The quantitative estimate of drug-likeness (QED) is 0.0261. The smallest absolute Gasteiger partial charge is 0.306 e. The molecular weight excluding hydrogens is 985 g/mol. The predicted molar refractivity (Wildman–Crippen MR) is 348 cm³/mol. The number of carbonyl (C=O) groups is 3. The van der Waals surface area contributed by atoms with E-state index < -0.39 is 6.10 Å². The normalized spacial score (nSPS) is 12.5. The second kappa shape index (κ2) is 68.3. The molecule has 0 bridgehead atoms. The fourth-order valence-corrected chi connectivity index (χ4v) is 10.2. The SMILES string of the molecule is CC/C=C\C/C=C\C/C=C\C/C=C\CCCCCCCCCCCCCCC(=O)OCC(COC(=O)CCCCCCC/C=C\CCCCCCC)OC(=O)CCCCCCCCCCCCC/C=C\CCCCCCCCCC. The molecule has 0 saturated carbocycles. The summed E-state index contributed by atoms with van der Waals surface area (Å²) in [5, 5.41) is 0. The lowest BCUT2D eigenvalue weighted by atomic mass is 10.0. The number of esters is 3. The maximum Gasteiger partial charge on any atom is 0.306 e. The highest BCUT2D eigenvalue weighted by Gasteiger charge is 2.19. The lowest BCUT2D eigenvalue weighted by Gasteiger charge is -2.18. The van der Waals surface area contributed by atoms with Crippen molar-refractivity contribution in [1.29, 1.82) is 0 Å². The highest BCUT2D eigenvalue weighted by atomic mass is 16.6. The van der Waals surface area contributed by atoms with Gasteiger partial charge in [-0.3, -0.25) is 14.4 Å². The predicted octanol–water partition coefficient (Wildman–Crippen LogP) is 24.1. The van der Waals surface area contributed by atoms with Crippen molar-refractivity contribution in [2.24, 2.45) is 0 Å². The molecule has 0 rings (SSSR count). The van der Waals surface area contributed by atoms with Gasteiger partial charge >= 0.3 is 17.9 Å². The molecule has 6 heteroatoms. The van der Waals surface area contributed by atoms with E-state index in [0.29, 0.717) is 19.3 Å². The molecule has 0 aliphatic rings.